The molecule has 384 valence electrons. The maximum absolute atomic E-state index is 14.5. The Balaban J connectivity index is 3.21. The Bertz CT molecular complexity index is 1430. The second kappa shape index (κ2) is 32.9. The van der Waals surface area contributed by atoms with Gasteiger partial charge in [-0.05, 0) is 99.2 Å². The van der Waals surface area contributed by atoms with E-state index in [4.69, 9.17) is 4.74 Å². The third-order valence-electron chi connectivity index (χ3n) is 13.8. The summed E-state index contributed by atoms with van der Waals surface area (Å²) in [6, 6.07) is 0. The summed E-state index contributed by atoms with van der Waals surface area (Å²) in [6.45, 7) is 20.1. The van der Waals surface area contributed by atoms with Crippen molar-refractivity contribution in [3.05, 3.63) is 0 Å². The molecular weight excluding hydrogens is 835 g/mol. The molecule has 0 aliphatic heterocycles. The fourth-order valence-electron chi connectivity index (χ4n) is 8.95. The normalized spacial score (nSPS) is 17.2. The summed E-state index contributed by atoms with van der Waals surface area (Å²) in [5.41, 5.74) is -2.09. The van der Waals surface area contributed by atoms with Crippen molar-refractivity contribution in [2.75, 3.05) is 114 Å². The van der Waals surface area contributed by atoms with E-state index in [1.807, 2.05) is 63.1 Å². The highest BCUT2D eigenvalue weighted by Crippen LogP contribution is 2.37. The van der Waals surface area contributed by atoms with E-state index in [-0.39, 0.29) is 73.8 Å². The summed E-state index contributed by atoms with van der Waals surface area (Å²) in [6.07, 6.45) is 10.6. The van der Waals surface area contributed by atoms with E-state index in [0.717, 1.165) is 57.8 Å². The lowest BCUT2D eigenvalue weighted by atomic mass is 9.70. The molecule has 0 aromatic rings. The van der Waals surface area contributed by atoms with E-state index in [1.165, 1.54) is 32.1 Å². The van der Waals surface area contributed by atoms with Crippen molar-refractivity contribution in [1.82, 2.24) is 35.6 Å². The lowest BCUT2D eigenvalue weighted by Crippen LogP contribution is -2.43. The van der Waals surface area contributed by atoms with Crippen LogP contribution in [-0.4, -0.2) is 169 Å². The maximum atomic E-state index is 14.5. The molecule has 0 bridgehead atoms. The lowest BCUT2D eigenvalue weighted by Gasteiger charge is -2.33. The third kappa shape index (κ3) is 26.1. The van der Waals surface area contributed by atoms with Gasteiger partial charge >= 0.3 is 5.97 Å². The molecule has 1 aliphatic carbocycles. The zero-order chi connectivity index (χ0) is 49.9. The Morgan fingerprint density at radius 3 is 1.70 bits per heavy atom. The van der Waals surface area contributed by atoms with Gasteiger partial charge in [-0.1, -0.05) is 87.0 Å². The predicted octanol–water partition coefficient (Wildman–Crippen LogP) is 6.10. The Morgan fingerprint density at radius 2 is 1.15 bits per heavy atom. The average molecular weight is 934 g/mol. The van der Waals surface area contributed by atoms with Gasteiger partial charge in [0.1, 0.15) is 17.3 Å². The van der Waals surface area contributed by atoms with Crippen molar-refractivity contribution in [2.45, 2.75) is 145 Å². The Kier molecular flexibility index (Phi) is 30.5. The van der Waals surface area contributed by atoms with Crippen LogP contribution in [-0.2, 0) is 33.5 Å². The van der Waals surface area contributed by atoms with Gasteiger partial charge in [0.05, 0.1) is 19.6 Å². The molecule has 1 rings (SSSR count). The van der Waals surface area contributed by atoms with E-state index in [9.17, 15) is 28.8 Å². The summed E-state index contributed by atoms with van der Waals surface area (Å²) in [5, 5.41) is 9.26. The lowest BCUT2D eigenvalue weighted by molar-refractivity contribution is -0.150. The number of hydrogen-bond acceptors (Lipinski definition) is 12. The van der Waals surface area contributed by atoms with Gasteiger partial charge < -0.3 is 40.3 Å². The number of carbonyl (C=O) groups excluding carboxylic acids is 6. The van der Waals surface area contributed by atoms with Crippen LogP contribution in [0.2, 0.25) is 0 Å². The van der Waals surface area contributed by atoms with E-state index in [2.05, 4.69) is 49.4 Å². The molecule has 1 aliphatic rings. The minimum atomic E-state index is -1.06. The molecule has 3 N–H and O–H groups in total. The first kappa shape index (κ1) is 61.2. The number of nitrogens with one attached hydrogen (secondary N) is 3. The van der Waals surface area contributed by atoms with Crippen molar-refractivity contribution in [3.63, 3.8) is 0 Å². The highest BCUT2D eigenvalue weighted by molar-refractivity contribution is 5.93. The number of unbranched alkanes of at least 4 members (excludes halogenated alkanes) is 2. The van der Waals surface area contributed by atoms with E-state index < -0.39 is 28.6 Å². The van der Waals surface area contributed by atoms with Crippen molar-refractivity contribution in [2.24, 2.45) is 40.4 Å². The molecule has 3 atom stereocenters. The molecule has 1 fully saturated rings. The molecule has 3 unspecified atom stereocenters. The topological polar surface area (TPSA) is 161 Å². The molecule has 14 nitrogen and oxygen atoms in total. The second-order valence-corrected chi connectivity index (χ2v) is 21.6. The zero-order valence-corrected chi connectivity index (χ0v) is 44.4. The predicted molar refractivity (Wildman–Crippen MR) is 268 cm³/mol. The van der Waals surface area contributed by atoms with Crippen molar-refractivity contribution >= 4 is 35.1 Å². The van der Waals surface area contributed by atoms with Crippen LogP contribution >= 0.6 is 0 Å². The molecule has 0 radical (unpaired) electrons. The molecular formula is C52H99N7O7. The minimum Gasteiger partial charge on any atom is -0.465 e. The highest BCUT2D eigenvalue weighted by Gasteiger charge is 2.41. The molecule has 0 aromatic heterocycles. The number of carbonyl (C=O) groups is 6. The molecule has 14 heteroatoms. The van der Waals surface area contributed by atoms with Crippen LogP contribution in [0.1, 0.15) is 145 Å². The number of ether oxygens (including phenoxy) is 1. The smallest absolute Gasteiger partial charge is 0.306 e. The van der Waals surface area contributed by atoms with Crippen molar-refractivity contribution in [1.29, 1.82) is 0 Å². The number of likely N-dealkylation sites (N-methyl/N-ethyl adjacent to an activating group) is 4. The van der Waals surface area contributed by atoms with Gasteiger partial charge in [-0.25, -0.2) is 0 Å². The van der Waals surface area contributed by atoms with Crippen LogP contribution in [0.15, 0.2) is 0 Å². The van der Waals surface area contributed by atoms with E-state index in [1.54, 1.807) is 13.8 Å². The first-order valence-electron chi connectivity index (χ1n) is 25.7. The fraction of sp³-hybridized carbons (Fsp3) is 0.885. The van der Waals surface area contributed by atoms with Crippen LogP contribution in [0, 0.1) is 40.4 Å². The summed E-state index contributed by atoms with van der Waals surface area (Å²) < 4.78 is 5.78. The monoisotopic (exact) mass is 934 g/mol. The van der Waals surface area contributed by atoms with Crippen molar-refractivity contribution < 1.29 is 33.5 Å². The zero-order valence-electron chi connectivity index (χ0n) is 44.4. The van der Waals surface area contributed by atoms with E-state index in [0.29, 0.717) is 51.7 Å². The molecule has 0 heterocycles. The van der Waals surface area contributed by atoms with Gasteiger partial charge in [0.2, 0.25) is 11.8 Å². The largest absolute Gasteiger partial charge is 0.465 e. The Labute approximate surface area is 402 Å². The van der Waals surface area contributed by atoms with Gasteiger partial charge in [-0.15, -0.1) is 0 Å². The molecule has 1 saturated carbocycles. The van der Waals surface area contributed by atoms with Gasteiger partial charge in [0.15, 0.2) is 0 Å². The molecule has 0 saturated heterocycles. The Morgan fingerprint density at radius 1 is 0.606 bits per heavy atom. The number of Topliss-reactive ketones (excluding diaryl/α,β-unsaturated/α-hetero) is 3. The average Bonchev–Trinajstić information content (AvgIpc) is 3.26. The SMILES string of the molecule is CCCCNCC(=O)C(CC(=O)NCCN(C)CCN(C)C)CC(C)(C)C(=O)CC(CC(C)(C)C(=O)C(CC)CC(=O)OCC1CCC(CCCC)CC1)C(=O)NCCN(C)CCN(C)C. The number of rotatable bonds is 38. The second-order valence-electron chi connectivity index (χ2n) is 21.6. The number of amides is 2. The number of hydrogen-bond donors (Lipinski definition) is 3. The van der Waals surface area contributed by atoms with Crippen LogP contribution in [0.3, 0.4) is 0 Å². The first-order valence-corrected chi connectivity index (χ1v) is 25.7. The summed E-state index contributed by atoms with van der Waals surface area (Å²) in [5.74, 6) is -2.36. The number of ketones is 3. The molecule has 2 amide bonds. The van der Waals surface area contributed by atoms with Crippen LogP contribution in [0.5, 0.6) is 0 Å². The summed E-state index contributed by atoms with van der Waals surface area (Å²) in [7, 11) is 12.1. The van der Waals surface area contributed by atoms with Gasteiger partial charge in [-0.2, -0.15) is 0 Å². The third-order valence-corrected chi connectivity index (χ3v) is 13.8. The van der Waals surface area contributed by atoms with Crippen LogP contribution in [0.4, 0.5) is 0 Å². The maximum Gasteiger partial charge on any atom is 0.306 e. The van der Waals surface area contributed by atoms with Crippen LogP contribution < -0.4 is 16.0 Å². The van der Waals surface area contributed by atoms with Gasteiger partial charge in [-0.3, -0.25) is 28.8 Å². The highest BCUT2D eigenvalue weighted by atomic mass is 16.5. The van der Waals surface area contributed by atoms with Crippen molar-refractivity contribution in [3.8, 4) is 0 Å². The molecule has 0 spiro atoms. The number of nitrogens with zero attached hydrogens (tertiary/aromatic N) is 4. The van der Waals surface area contributed by atoms with Crippen LogP contribution in [0.25, 0.3) is 0 Å². The first-order chi connectivity index (χ1) is 31.0. The van der Waals surface area contributed by atoms with Gasteiger partial charge in [0, 0.05) is 93.8 Å². The fourth-order valence-corrected chi connectivity index (χ4v) is 8.95. The molecule has 0 aromatic carbocycles. The van der Waals surface area contributed by atoms with Gasteiger partial charge in [0.25, 0.3) is 0 Å². The Hall–Kier alpha value is -2.78. The number of esters is 1. The summed E-state index contributed by atoms with van der Waals surface area (Å²) in [4.78, 5) is 91.7. The quantitative estimate of drug-likeness (QED) is 0.0483. The standard InChI is InChI=1S/C52H99N7O7/c1-14-17-19-40-20-22-41(23-21-40)39-66-48(63)35-42(16-3)49(64)52(6,7)37-44(50(65)55-26-28-59(13)32-30-57(10)11)33-46(61)51(4,5)36-43(45(60)38-53-24-18-15-2)34-47(62)54-25-27-58(12)31-29-56(8)9/h40-44,53H,14-39H2,1-13H3,(H,54,62)(H,55,65). The summed E-state index contributed by atoms with van der Waals surface area (Å²) >= 11 is 0. The molecule has 66 heavy (non-hydrogen) atoms. The van der Waals surface area contributed by atoms with E-state index >= 15 is 0 Å². The minimum absolute atomic E-state index is 0.0177.